The van der Waals surface area contributed by atoms with Crippen LogP contribution in [-0.2, 0) is 14.3 Å². The maximum Gasteiger partial charge on any atom is 0.410 e. The van der Waals surface area contributed by atoms with Crippen molar-refractivity contribution in [1.29, 1.82) is 0 Å². The summed E-state index contributed by atoms with van der Waals surface area (Å²) in [4.78, 5) is 36.1. The number of amides is 1. The third-order valence-corrected chi connectivity index (χ3v) is 2.92. The quantitative estimate of drug-likeness (QED) is 0.528. The monoisotopic (exact) mass is 255 g/mol. The van der Waals surface area contributed by atoms with Crippen LogP contribution in [-0.4, -0.2) is 41.8 Å². The number of Topliss-reactive ketones (excluding diaryl/α,β-unsaturated/α-hetero) is 1. The van der Waals surface area contributed by atoms with Gasteiger partial charge in [-0.15, -0.1) is 0 Å². The van der Waals surface area contributed by atoms with Gasteiger partial charge in [0.1, 0.15) is 17.7 Å². The Kier molecular flexibility index (Phi) is 4.48. The lowest BCUT2D eigenvalue weighted by molar-refractivity contribution is -0.129. The molecule has 2 unspecified atom stereocenters. The summed E-state index contributed by atoms with van der Waals surface area (Å²) in [5.41, 5.74) is -0.574. The van der Waals surface area contributed by atoms with Crippen LogP contribution in [0.2, 0.25) is 0 Å². The van der Waals surface area contributed by atoms with Crippen LogP contribution in [0.3, 0.4) is 0 Å². The van der Waals surface area contributed by atoms with Gasteiger partial charge in [0.25, 0.3) is 0 Å². The van der Waals surface area contributed by atoms with E-state index >= 15 is 0 Å². The van der Waals surface area contributed by atoms with Gasteiger partial charge < -0.3 is 14.4 Å². The van der Waals surface area contributed by atoms with Gasteiger partial charge in [-0.05, 0) is 27.2 Å². The van der Waals surface area contributed by atoms with E-state index in [-0.39, 0.29) is 18.2 Å². The zero-order valence-electron chi connectivity index (χ0n) is 11.4. The van der Waals surface area contributed by atoms with E-state index in [1.54, 1.807) is 27.7 Å². The van der Waals surface area contributed by atoms with Crippen LogP contribution >= 0.6 is 0 Å². The van der Waals surface area contributed by atoms with E-state index in [4.69, 9.17) is 4.74 Å². The highest BCUT2D eigenvalue weighted by molar-refractivity contribution is 5.95. The Balaban J connectivity index is 2.75. The van der Waals surface area contributed by atoms with Crippen LogP contribution in [0.1, 0.15) is 34.1 Å². The molecule has 2 atom stereocenters. The van der Waals surface area contributed by atoms with Gasteiger partial charge in [0.2, 0.25) is 0 Å². The molecule has 0 spiro atoms. The first-order valence-electron chi connectivity index (χ1n) is 6.21. The van der Waals surface area contributed by atoms with E-state index in [1.165, 1.54) is 4.90 Å². The van der Waals surface area contributed by atoms with Crippen molar-refractivity contribution < 1.29 is 19.1 Å². The largest absolute Gasteiger partial charge is 0.444 e. The number of hydrogen-bond acceptors (Lipinski definition) is 4. The SMILES string of the molecule is CC1CCN(C(=O)OC(C)(C)C)CC(C=O)C1=O. The molecule has 5 nitrogen and oxygen atoms in total. The van der Waals surface area contributed by atoms with Gasteiger partial charge in [-0.3, -0.25) is 4.79 Å². The molecule has 0 N–H and O–H groups in total. The van der Waals surface area contributed by atoms with Crippen LogP contribution in [0.4, 0.5) is 4.79 Å². The van der Waals surface area contributed by atoms with Crippen LogP contribution in [0.15, 0.2) is 0 Å². The molecule has 1 rings (SSSR count). The van der Waals surface area contributed by atoms with Gasteiger partial charge in [0.15, 0.2) is 0 Å². The Hall–Kier alpha value is -1.39. The fraction of sp³-hybridized carbons (Fsp3) is 0.769. The minimum absolute atomic E-state index is 0.0870. The molecule has 1 saturated heterocycles. The Morgan fingerprint density at radius 1 is 1.44 bits per heavy atom. The third-order valence-electron chi connectivity index (χ3n) is 2.92. The number of nitrogens with zero attached hydrogens (tertiary/aromatic N) is 1. The summed E-state index contributed by atoms with van der Waals surface area (Å²) < 4.78 is 5.26. The maximum atomic E-state index is 11.9. The molecule has 0 saturated carbocycles. The summed E-state index contributed by atoms with van der Waals surface area (Å²) in [5.74, 6) is -1.00. The lowest BCUT2D eigenvalue weighted by Crippen LogP contribution is -2.40. The Morgan fingerprint density at radius 3 is 2.56 bits per heavy atom. The zero-order chi connectivity index (χ0) is 13.9. The Morgan fingerprint density at radius 2 is 2.06 bits per heavy atom. The zero-order valence-corrected chi connectivity index (χ0v) is 11.4. The third kappa shape index (κ3) is 3.82. The molecule has 0 aromatic heterocycles. The van der Waals surface area contributed by atoms with Crippen molar-refractivity contribution in [2.24, 2.45) is 11.8 Å². The topological polar surface area (TPSA) is 63.7 Å². The molecular weight excluding hydrogens is 234 g/mol. The number of carbonyl (C=O) groups excluding carboxylic acids is 3. The number of carbonyl (C=O) groups is 3. The molecule has 1 fully saturated rings. The van der Waals surface area contributed by atoms with Crippen molar-refractivity contribution in [3.63, 3.8) is 0 Å². The van der Waals surface area contributed by atoms with Crippen LogP contribution < -0.4 is 0 Å². The molecule has 0 aromatic carbocycles. The number of likely N-dealkylation sites (tertiary alicyclic amines) is 1. The number of ketones is 1. The smallest absolute Gasteiger partial charge is 0.410 e. The molecule has 1 aliphatic heterocycles. The summed E-state index contributed by atoms with van der Waals surface area (Å²) >= 11 is 0. The number of rotatable bonds is 1. The van der Waals surface area contributed by atoms with Gasteiger partial charge in [0.05, 0.1) is 5.92 Å². The molecule has 18 heavy (non-hydrogen) atoms. The molecule has 1 heterocycles. The van der Waals surface area contributed by atoms with Gasteiger partial charge in [-0.1, -0.05) is 6.92 Å². The molecule has 0 aromatic rings. The molecule has 0 aliphatic carbocycles. The first kappa shape index (κ1) is 14.7. The van der Waals surface area contributed by atoms with E-state index in [9.17, 15) is 14.4 Å². The summed E-state index contributed by atoms with van der Waals surface area (Å²) in [5, 5.41) is 0. The Labute approximate surface area is 107 Å². The van der Waals surface area contributed by atoms with Crippen molar-refractivity contribution in [3.05, 3.63) is 0 Å². The summed E-state index contributed by atoms with van der Waals surface area (Å²) in [6.07, 6.45) is 0.737. The standard InChI is InChI=1S/C13H21NO4/c1-9-5-6-14(7-10(8-15)11(9)16)12(17)18-13(2,3)4/h8-10H,5-7H2,1-4H3. The first-order chi connectivity index (χ1) is 8.24. The molecule has 1 aliphatic rings. The lowest BCUT2D eigenvalue weighted by Gasteiger charge is -2.27. The second-order valence-corrected chi connectivity index (χ2v) is 5.76. The van der Waals surface area contributed by atoms with Crippen molar-refractivity contribution >= 4 is 18.2 Å². The lowest BCUT2D eigenvalue weighted by atomic mass is 9.94. The maximum absolute atomic E-state index is 11.9. The average molecular weight is 255 g/mol. The van der Waals surface area contributed by atoms with Crippen LogP contribution in [0.25, 0.3) is 0 Å². The van der Waals surface area contributed by atoms with Gasteiger partial charge >= 0.3 is 6.09 Å². The molecular formula is C13H21NO4. The minimum Gasteiger partial charge on any atom is -0.444 e. The van der Waals surface area contributed by atoms with Gasteiger partial charge in [0, 0.05) is 19.0 Å². The predicted octanol–water partition coefficient (Wildman–Crippen LogP) is 1.65. The Bertz CT molecular complexity index is 345. The highest BCUT2D eigenvalue weighted by Crippen LogP contribution is 2.19. The van der Waals surface area contributed by atoms with E-state index in [1.807, 2.05) is 0 Å². The first-order valence-corrected chi connectivity index (χ1v) is 6.21. The summed E-state index contributed by atoms with van der Waals surface area (Å²) in [6.45, 7) is 7.72. The predicted molar refractivity (Wildman–Crippen MR) is 66.1 cm³/mol. The second-order valence-electron chi connectivity index (χ2n) is 5.76. The fourth-order valence-corrected chi connectivity index (χ4v) is 1.88. The second kappa shape index (κ2) is 5.50. The normalized spacial score (nSPS) is 25.6. The van der Waals surface area contributed by atoms with Crippen LogP contribution in [0, 0.1) is 11.8 Å². The van der Waals surface area contributed by atoms with E-state index in [0.717, 1.165) is 0 Å². The average Bonchev–Trinajstić information content (AvgIpc) is 2.38. The number of hydrogen-bond donors (Lipinski definition) is 0. The number of ether oxygens (including phenoxy) is 1. The summed E-state index contributed by atoms with van der Waals surface area (Å²) in [7, 11) is 0. The van der Waals surface area contributed by atoms with E-state index < -0.39 is 17.6 Å². The number of aldehydes is 1. The van der Waals surface area contributed by atoms with Gasteiger partial charge in [-0.2, -0.15) is 0 Å². The van der Waals surface area contributed by atoms with Crippen molar-refractivity contribution in [2.45, 2.75) is 39.7 Å². The summed E-state index contributed by atoms with van der Waals surface area (Å²) in [6, 6.07) is 0. The van der Waals surface area contributed by atoms with E-state index in [0.29, 0.717) is 19.3 Å². The highest BCUT2D eigenvalue weighted by atomic mass is 16.6. The highest BCUT2D eigenvalue weighted by Gasteiger charge is 2.33. The fourth-order valence-electron chi connectivity index (χ4n) is 1.88. The van der Waals surface area contributed by atoms with Crippen LogP contribution in [0.5, 0.6) is 0 Å². The molecule has 102 valence electrons. The van der Waals surface area contributed by atoms with E-state index in [2.05, 4.69) is 0 Å². The molecule has 1 amide bonds. The minimum atomic E-state index is -0.727. The molecule has 0 bridgehead atoms. The molecule has 5 heteroatoms. The van der Waals surface area contributed by atoms with Crippen molar-refractivity contribution in [3.8, 4) is 0 Å². The van der Waals surface area contributed by atoms with Gasteiger partial charge in [-0.25, -0.2) is 4.79 Å². The van der Waals surface area contributed by atoms with Crippen molar-refractivity contribution in [2.75, 3.05) is 13.1 Å². The molecule has 0 radical (unpaired) electrons. The van der Waals surface area contributed by atoms with Crippen molar-refractivity contribution in [1.82, 2.24) is 4.90 Å².